The maximum absolute atomic E-state index is 11.3. The SMILES string of the molecule is COCCN(Cc1cccc(Cl)n1)[C@@H](C)C(N)=O. The topological polar surface area (TPSA) is 68.4 Å². The molecule has 1 atom stereocenters. The molecule has 0 unspecified atom stereocenters. The van der Waals surface area contributed by atoms with E-state index in [1.165, 1.54) is 0 Å². The van der Waals surface area contributed by atoms with Crippen molar-refractivity contribution in [2.45, 2.75) is 19.5 Å². The fourth-order valence-electron chi connectivity index (χ4n) is 1.54. The quantitative estimate of drug-likeness (QED) is 0.753. The van der Waals surface area contributed by atoms with Crippen molar-refractivity contribution in [2.24, 2.45) is 5.73 Å². The summed E-state index contributed by atoms with van der Waals surface area (Å²) in [4.78, 5) is 17.4. The molecule has 5 nitrogen and oxygen atoms in total. The van der Waals surface area contributed by atoms with Crippen molar-refractivity contribution in [1.29, 1.82) is 0 Å². The number of pyridine rings is 1. The molecule has 100 valence electrons. The predicted molar refractivity (Wildman–Crippen MR) is 70.2 cm³/mol. The number of halogens is 1. The summed E-state index contributed by atoms with van der Waals surface area (Å²) < 4.78 is 5.02. The minimum atomic E-state index is -0.374. The highest BCUT2D eigenvalue weighted by Gasteiger charge is 2.19. The van der Waals surface area contributed by atoms with E-state index in [0.29, 0.717) is 24.8 Å². The maximum Gasteiger partial charge on any atom is 0.234 e. The molecule has 0 bridgehead atoms. The highest BCUT2D eigenvalue weighted by Crippen LogP contribution is 2.10. The monoisotopic (exact) mass is 271 g/mol. The first-order chi connectivity index (χ1) is 8.54. The van der Waals surface area contributed by atoms with Crippen LogP contribution in [-0.4, -0.2) is 42.1 Å². The Morgan fingerprint density at radius 1 is 1.61 bits per heavy atom. The average Bonchev–Trinajstić information content (AvgIpc) is 2.33. The van der Waals surface area contributed by atoms with Gasteiger partial charge in [0.05, 0.1) is 18.3 Å². The molecule has 1 amide bonds. The number of aromatic nitrogens is 1. The van der Waals surface area contributed by atoms with Crippen molar-refractivity contribution in [3.8, 4) is 0 Å². The molecule has 0 aliphatic carbocycles. The number of rotatable bonds is 7. The predicted octanol–water partition coefficient (Wildman–Crippen LogP) is 1.06. The van der Waals surface area contributed by atoms with Crippen LogP contribution in [0.2, 0.25) is 5.15 Å². The molecule has 0 saturated carbocycles. The Balaban J connectivity index is 2.74. The molecule has 0 radical (unpaired) electrons. The fourth-order valence-corrected chi connectivity index (χ4v) is 1.73. The first kappa shape index (κ1) is 14.9. The Hall–Kier alpha value is -1.17. The first-order valence-electron chi connectivity index (χ1n) is 5.68. The number of carbonyl (C=O) groups is 1. The molecule has 1 aromatic heterocycles. The van der Waals surface area contributed by atoms with Gasteiger partial charge < -0.3 is 10.5 Å². The van der Waals surface area contributed by atoms with Crippen molar-refractivity contribution >= 4 is 17.5 Å². The summed E-state index contributed by atoms with van der Waals surface area (Å²) in [6.07, 6.45) is 0. The van der Waals surface area contributed by atoms with E-state index < -0.39 is 0 Å². The number of nitrogens with two attached hydrogens (primary N) is 1. The normalized spacial score (nSPS) is 12.7. The minimum absolute atomic E-state index is 0.367. The standard InChI is InChI=1S/C12H18ClN3O2/c1-9(12(14)17)16(6-7-18-2)8-10-4-3-5-11(13)15-10/h3-5,9H,6-8H2,1-2H3,(H2,14,17)/t9-/m0/s1. The molecule has 1 rings (SSSR count). The van der Waals surface area contributed by atoms with Crippen molar-refractivity contribution in [3.05, 3.63) is 29.0 Å². The van der Waals surface area contributed by atoms with Gasteiger partial charge in [-0.25, -0.2) is 4.98 Å². The second-order valence-corrected chi connectivity index (χ2v) is 4.38. The number of primary amides is 1. The summed E-state index contributed by atoms with van der Waals surface area (Å²) in [5.41, 5.74) is 6.12. The second-order valence-electron chi connectivity index (χ2n) is 3.99. The summed E-state index contributed by atoms with van der Waals surface area (Å²) >= 11 is 5.83. The van der Waals surface area contributed by atoms with Crippen LogP contribution in [0, 0.1) is 0 Å². The van der Waals surface area contributed by atoms with Gasteiger partial charge in [0, 0.05) is 20.2 Å². The van der Waals surface area contributed by atoms with Crippen molar-refractivity contribution in [1.82, 2.24) is 9.88 Å². The minimum Gasteiger partial charge on any atom is -0.383 e. The van der Waals surface area contributed by atoms with E-state index >= 15 is 0 Å². The zero-order chi connectivity index (χ0) is 13.5. The van der Waals surface area contributed by atoms with E-state index in [9.17, 15) is 4.79 Å². The van der Waals surface area contributed by atoms with Gasteiger partial charge in [-0.05, 0) is 19.1 Å². The zero-order valence-corrected chi connectivity index (χ0v) is 11.4. The molecule has 18 heavy (non-hydrogen) atoms. The van der Waals surface area contributed by atoms with Crippen LogP contribution >= 0.6 is 11.6 Å². The highest BCUT2D eigenvalue weighted by molar-refractivity contribution is 6.29. The largest absolute Gasteiger partial charge is 0.383 e. The van der Waals surface area contributed by atoms with E-state index in [0.717, 1.165) is 5.69 Å². The van der Waals surface area contributed by atoms with Crippen LogP contribution < -0.4 is 5.73 Å². The molecule has 0 fully saturated rings. The fraction of sp³-hybridized carbons (Fsp3) is 0.500. The van der Waals surface area contributed by atoms with Gasteiger partial charge in [-0.2, -0.15) is 0 Å². The summed E-state index contributed by atoms with van der Waals surface area (Å²) in [6.45, 7) is 3.41. The Bertz CT molecular complexity index is 401. The van der Waals surface area contributed by atoms with E-state index in [1.807, 2.05) is 17.0 Å². The number of amides is 1. The van der Waals surface area contributed by atoms with Crippen molar-refractivity contribution < 1.29 is 9.53 Å². The van der Waals surface area contributed by atoms with Gasteiger partial charge in [0.1, 0.15) is 5.15 Å². The third-order valence-electron chi connectivity index (χ3n) is 2.68. The Morgan fingerprint density at radius 2 is 2.33 bits per heavy atom. The molecule has 0 aliphatic heterocycles. The number of ether oxygens (including phenoxy) is 1. The van der Waals surface area contributed by atoms with Gasteiger partial charge in [-0.1, -0.05) is 17.7 Å². The lowest BCUT2D eigenvalue weighted by Gasteiger charge is -2.26. The zero-order valence-electron chi connectivity index (χ0n) is 10.6. The second kappa shape index (κ2) is 7.31. The summed E-state index contributed by atoms with van der Waals surface area (Å²) in [5.74, 6) is -0.367. The number of hydrogen-bond donors (Lipinski definition) is 1. The molecule has 1 heterocycles. The first-order valence-corrected chi connectivity index (χ1v) is 6.06. The summed E-state index contributed by atoms with van der Waals surface area (Å²) in [5, 5.41) is 0.436. The maximum atomic E-state index is 11.3. The van der Waals surface area contributed by atoms with Crippen LogP contribution in [0.3, 0.4) is 0 Å². The van der Waals surface area contributed by atoms with E-state index in [1.54, 1.807) is 20.1 Å². The molecule has 0 aliphatic rings. The Labute approximate surface area is 112 Å². The average molecular weight is 272 g/mol. The molecule has 0 spiro atoms. The van der Waals surface area contributed by atoms with Crippen LogP contribution in [0.25, 0.3) is 0 Å². The van der Waals surface area contributed by atoms with Crippen LogP contribution in [0.1, 0.15) is 12.6 Å². The lowest BCUT2D eigenvalue weighted by molar-refractivity contribution is -0.123. The molecule has 2 N–H and O–H groups in total. The smallest absolute Gasteiger partial charge is 0.234 e. The van der Waals surface area contributed by atoms with Crippen molar-refractivity contribution in [2.75, 3.05) is 20.3 Å². The number of carbonyl (C=O) groups excluding carboxylic acids is 1. The molecule has 1 aromatic rings. The van der Waals surface area contributed by atoms with E-state index in [2.05, 4.69) is 4.98 Å². The Kier molecular flexibility index (Phi) is 6.04. The van der Waals surface area contributed by atoms with Gasteiger partial charge in [-0.3, -0.25) is 9.69 Å². The number of methoxy groups -OCH3 is 1. The van der Waals surface area contributed by atoms with Crippen LogP contribution in [-0.2, 0) is 16.1 Å². The molecule has 0 saturated heterocycles. The van der Waals surface area contributed by atoms with Crippen molar-refractivity contribution in [3.63, 3.8) is 0 Å². The van der Waals surface area contributed by atoms with Gasteiger partial charge in [0.2, 0.25) is 5.91 Å². The molecular formula is C12H18ClN3O2. The third kappa shape index (κ3) is 4.60. The summed E-state index contributed by atoms with van der Waals surface area (Å²) in [6, 6.07) is 5.02. The van der Waals surface area contributed by atoms with Crippen LogP contribution in [0.4, 0.5) is 0 Å². The number of hydrogen-bond acceptors (Lipinski definition) is 4. The van der Waals surface area contributed by atoms with Gasteiger partial charge in [0.25, 0.3) is 0 Å². The highest BCUT2D eigenvalue weighted by atomic mass is 35.5. The lowest BCUT2D eigenvalue weighted by Crippen LogP contribution is -2.43. The van der Waals surface area contributed by atoms with Gasteiger partial charge in [-0.15, -0.1) is 0 Å². The van der Waals surface area contributed by atoms with E-state index in [-0.39, 0.29) is 11.9 Å². The van der Waals surface area contributed by atoms with Gasteiger partial charge in [0.15, 0.2) is 0 Å². The third-order valence-corrected chi connectivity index (χ3v) is 2.89. The van der Waals surface area contributed by atoms with Crippen LogP contribution in [0.15, 0.2) is 18.2 Å². The lowest BCUT2D eigenvalue weighted by atomic mass is 10.2. The molecule has 0 aromatic carbocycles. The molecule has 6 heteroatoms. The van der Waals surface area contributed by atoms with E-state index in [4.69, 9.17) is 22.1 Å². The van der Waals surface area contributed by atoms with Crippen LogP contribution in [0.5, 0.6) is 0 Å². The molecular weight excluding hydrogens is 254 g/mol. The number of nitrogens with zero attached hydrogens (tertiary/aromatic N) is 2. The van der Waals surface area contributed by atoms with Gasteiger partial charge >= 0.3 is 0 Å². The Morgan fingerprint density at radius 3 is 2.89 bits per heavy atom. The summed E-state index contributed by atoms with van der Waals surface area (Å²) in [7, 11) is 1.62.